The average Bonchev–Trinajstić information content (AvgIpc) is 3.22. The average molecular weight is 429 g/mol. The number of carbonyl (C=O) groups is 3. The topological polar surface area (TPSA) is 153 Å². The fraction of sp³-hybridized carbons (Fsp3) is 0.167. The van der Waals surface area contributed by atoms with Crippen molar-refractivity contribution in [3.05, 3.63) is 58.1 Å². The van der Waals surface area contributed by atoms with E-state index in [9.17, 15) is 24.5 Å². The van der Waals surface area contributed by atoms with E-state index in [2.05, 4.69) is 19.4 Å². The maximum absolute atomic E-state index is 12.2. The summed E-state index contributed by atoms with van der Waals surface area (Å²) >= 11 is 1.01. The molecule has 154 valence electrons. The van der Waals surface area contributed by atoms with Gasteiger partial charge in [-0.05, 0) is 25.1 Å². The minimum absolute atomic E-state index is 0.0200. The van der Waals surface area contributed by atoms with E-state index in [1.807, 2.05) is 0 Å². The minimum Gasteiger partial charge on any atom is -0.454 e. The van der Waals surface area contributed by atoms with Crippen molar-refractivity contribution >= 4 is 51.9 Å². The molecule has 1 aromatic heterocycles. The second kappa shape index (κ2) is 9.05. The molecule has 1 heterocycles. The van der Waals surface area contributed by atoms with Crippen molar-refractivity contribution in [1.29, 1.82) is 0 Å². The zero-order valence-corrected chi connectivity index (χ0v) is 16.3. The lowest BCUT2D eigenvalue weighted by Gasteiger charge is -2.13. The third-order valence-corrected chi connectivity index (χ3v) is 4.47. The second-order valence-electron chi connectivity index (χ2n) is 6.10. The van der Waals surface area contributed by atoms with E-state index in [0.29, 0.717) is 16.7 Å². The third-order valence-electron chi connectivity index (χ3n) is 3.93. The highest BCUT2D eigenvalue weighted by molar-refractivity contribution is 7.00. The Kier molecular flexibility index (Phi) is 6.27. The van der Waals surface area contributed by atoms with Crippen LogP contribution in [-0.4, -0.2) is 44.1 Å². The number of non-ortho nitro benzene ring substituents is 1. The van der Waals surface area contributed by atoms with E-state index in [-0.39, 0.29) is 11.3 Å². The molecule has 0 spiro atoms. The quantitative estimate of drug-likeness (QED) is 0.328. The number of esters is 1. The van der Waals surface area contributed by atoms with E-state index in [1.165, 1.54) is 25.1 Å². The van der Waals surface area contributed by atoms with Crippen LogP contribution in [0.3, 0.4) is 0 Å². The number of nitrogens with zero attached hydrogens (tertiary/aromatic N) is 3. The Labute approximate surface area is 173 Å². The van der Waals surface area contributed by atoms with E-state index in [4.69, 9.17) is 4.74 Å². The molecule has 2 aromatic carbocycles. The molecule has 0 aliphatic heterocycles. The summed E-state index contributed by atoms with van der Waals surface area (Å²) in [4.78, 5) is 46.5. The molecule has 0 bridgehead atoms. The van der Waals surface area contributed by atoms with Crippen LogP contribution in [-0.2, 0) is 14.3 Å². The van der Waals surface area contributed by atoms with Crippen molar-refractivity contribution in [2.24, 2.45) is 0 Å². The number of nitro groups is 1. The molecular weight excluding hydrogens is 414 g/mol. The lowest BCUT2D eigenvalue weighted by molar-refractivity contribution is -0.384. The fourth-order valence-electron chi connectivity index (χ4n) is 2.45. The minimum atomic E-state index is -1.07. The Hall–Kier alpha value is -3.93. The van der Waals surface area contributed by atoms with Crippen molar-refractivity contribution in [3.63, 3.8) is 0 Å². The molecule has 2 amide bonds. The van der Waals surface area contributed by atoms with Crippen molar-refractivity contribution in [2.45, 2.75) is 13.0 Å². The summed E-state index contributed by atoms with van der Waals surface area (Å²) in [5, 5.41) is 15.8. The van der Waals surface area contributed by atoms with Crippen LogP contribution in [0, 0.1) is 10.1 Å². The van der Waals surface area contributed by atoms with Gasteiger partial charge in [0.15, 0.2) is 6.61 Å². The number of hydrogen-bond acceptors (Lipinski definition) is 9. The van der Waals surface area contributed by atoms with Gasteiger partial charge in [-0.1, -0.05) is 12.1 Å². The molecule has 2 N–H and O–H groups in total. The second-order valence-corrected chi connectivity index (χ2v) is 6.62. The zero-order chi connectivity index (χ0) is 21.7. The predicted molar refractivity (Wildman–Crippen MR) is 107 cm³/mol. The highest BCUT2D eigenvalue weighted by atomic mass is 32.1. The van der Waals surface area contributed by atoms with Gasteiger partial charge in [-0.25, -0.2) is 4.79 Å². The van der Waals surface area contributed by atoms with Crippen molar-refractivity contribution in [3.8, 4) is 0 Å². The van der Waals surface area contributed by atoms with E-state index in [0.717, 1.165) is 17.8 Å². The molecule has 0 aliphatic carbocycles. The molecule has 11 nitrogen and oxygen atoms in total. The molecule has 12 heteroatoms. The summed E-state index contributed by atoms with van der Waals surface area (Å²) in [5.74, 6) is -2.10. The number of aromatic nitrogens is 2. The molecule has 0 fully saturated rings. The van der Waals surface area contributed by atoms with Gasteiger partial charge >= 0.3 is 5.97 Å². The Bertz CT molecular complexity index is 1130. The van der Waals surface area contributed by atoms with Crippen molar-refractivity contribution in [2.75, 3.05) is 11.9 Å². The standard InChI is InChI=1S/C18H15N5O6S/c1-10(19-17(25)11-4-2-5-12(8-11)23(27)28)18(26)29-9-15(24)20-13-6-3-7-14-16(13)22-30-21-14/h2-8,10H,9H2,1H3,(H,19,25)(H,20,24). The maximum Gasteiger partial charge on any atom is 0.328 e. The summed E-state index contributed by atoms with van der Waals surface area (Å²) in [5.41, 5.74) is 1.37. The van der Waals surface area contributed by atoms with Gasteiger partial charge in [0, 0.05) is 17.7 Å². The van der Waals surface area contributed by atoms with Gasteiger partial charge in [0.2, 0.25) is 0 Å². The summed E-state index contributed by atoms with van der Waals surface area (Å²) in [7, 11) is 0. The fourth-order valence-corrected chi connectivity index (χ4v) is 3.00. The highest BCUT2D eigenvalue weighted by Crippen LogP contribution is 2.21. The number of fused-ring (bicyclic) bond motifs is 1. The third kappa shape index (κ3) is 4.91. The highest BCUT2D eigenvalue weighted by Gasteiger charge is 2.20. The molecule has 3 aromatic rings. The van der Waals surface area contributed by atoms with Crippen molar-refractivity contribution in [1.82, 2.24) is 14.1 Å². The molecule has 0 saturated heterocycles. The van der Waals surface area contributed by atoms with Crippen LogP contribution in [0.5, 0.6) is 0 Å². The van der Waals surface area contributed by atoms with Gasteiger partial charge in [-0.2, -0.15) is 8.75 Å². The first kappa shape index (κ1) is 20.8. The molecule has 0 radical (unpaired) electrons. The Morgan fingerprint density at radius 1 is 1.20 bits per heavy atom. The van der Waals surface area contributed by atoms with E-state index in [1.54, 1.807) is 18.2 Å². The lowest BCUT2D eigenvalue weighted by Crippen LogP contribution is -2.40. The Morgan fingerprint density at radius 3 is 2.73 bits per heavy atom. The first-order valence-corrected chi connectivity index (χ1v) is 9.31. The monoisotopic (exact) mass is 429 g/mol. The van der Waals surface area contributed by atoms with E-state index < -0.39 is 35.4 Å². The van der Waals surface area contributed by atoms with Crippen LogP contribution < -0.4 is 10.6 Å². The summed E-state index contributed by atoms with van der Waals surface area (Å²) in [6.45, 7) is 0.807. The molecule has 0 saturated carbocycles. The van der Waals surface area contributed by atoms with Gasteiger partial charge in [0.1, 0.15) is 17.1 Å². The maximum atomic E-state index is 12.2. The molecule has 30 heavy (non-hydrogen) atoms. The molecule has 0 aliphatic rings. The van der Waals surface area contributed by atoms with Crippen LogP contribution in [0.4, 0.5) is 11.4 Å². The van der Waals surface area contributed by atoms with Gasteiger partial charge in [-0.15, -0.1) is 0 Å². The lowest BCUT2D eigenvalue weighted by atomic mass is 10.2. The number of anilines is 1. The largest absolute Gasteiger partial charge is 0.454 e. The first-order chi connectivity index (χ1) is 14.3. The number of rotatable bonds is 7. The van der Waals surface area contributed by atoms with Crippen LogP contribution in [0.1, 0.15) is 17.3 Å². The Balaban J connectivity index is 1.52. The summed E-state index contributed by atoms with van der Waals surface area (Å²) < 4.78 is 13.1. The number of hydrogen-bond donors (Lipinski definition) is 2. The number of carbonyl (C=O) groups excluding carboxylic acids is 3. The number of ether oxygens (including phenoxy) is 1. The zero-order valence-electron chi connectivity index (χ0n) is 15.5. The smallest absolute Gasteiger partial charge is 0.328 e. The van der Waals surface area contributed by atoms with Crippen LogP contribution in [0.2, 0.25) is 0 Å². The number of nitro benzene ring substituents is 1. The van der Waals surface area contributed by atoms with Crippen LogP contribution >= 0.6 is 11.7 Å². The number of benzene rings is 2. The van der Waals surface area contributed by atoms with Gasteiger partial charge < -0.3 is 15.4 Å². The van der Waals surface area contributed by atoms with Crippen molar-refractivity contribution < 1.29 is 24.0 Å². The normalized spacial score (nSPS) is 11.5. The molecular formula is C18H15N5O6S. The van der Waals surface area contributed by atoms with Gasteiger partial charge in [0.25, 0.3) is 17.5 Å². The summed E-state index contributed by atoms with van der Waals surface area (Å²) in [6, 6.07) is 9.10. The Morgan fingerprint density at radius 2 is 1.97 bits per heavy atom. The summed E-state index contributed by atoms with van der Waals surface area (Å²) in [6.07, 6.45) is 0. The molecule has 1 atom stereocenters. The molecule has 1 unspecified atom stereocenters. The molecule has 3 rings (SSSR count). The van der Waals surface area contributed by atoms with Gasteiger partial charge in [0.05, 0.1) is 22.3 Å². The predicted octanol–water partition coefficient (Wildman–Crippen LogP) is 1.90. The van der Waals surface area contributed by atoms with Crippen LogP contribution in [0.15, 0.2) is 42.5 Å². The SMILES string of the molecule is CC(NC(=O)c1cccc([N+](=O)[O-])c1)C(=O)OCC(=O)Nc1cccc2nsnc12. The first-order valence-electron chi connectivity index (χ1n) is 8.58. The number of amides is 2. The van der Waals surface area contributed by atoms with E-state index >= 15 is 0 Å². The van der Waals surface area contributed by atoms with Gasteiger partial charge in [-0.3, -0.25) is 19.7 Å². The number of nitrogens with one attached hydrogen (secondary N) is 2. The van der Waals surface area contributed by atoms with Crippen LogP contribution in [0.25, 0.3) is 11.0 Å².